The van der Waals surface area contributed by atoms with Gasteiger partial charge in [0.25, 0.3) is 0 Å². The molecular weight excluding hydrogens is 334 g/mol. The predicted molar refractivity (Wildman–Crippen MR) is 98.9 cm³/mol. The van der Waals surface area contributed by atoms with E-state index in [9.17, 15) is 13.6 Å². The number of anilines is 2. The van der Waals surface area contributed by atoms with E-state index in [-0.39, 0.29) is 18.1 Å². The molecule has 0 atom stereocenters. The van der Waals surface area contributed by atoms with Crippen LogP contribution in [0.4, 0.5) is 20.2 Å². The highest BCUT2D eigenvalue weighted by atomic mass is 19.1. The van der Waals surface area contributed by atoms with Crippen LogP contribution in [0.5, 0.6) is 0 Å². The van der Waals surface area contributed by atoms with E-state index in [2.05, 4.69) is 5.32 Å². The fourth-order valence-corrected chi connectivity index (χ4v) is 2.62. The standard InChI is InChI=1S/C21H18F2N2O/c22-18-12-7-13-19(23)21(18)24-14-20(26)25(17-10-5-2-6-11-17)15-16-8-3-1-4-9-16/h1-13,24H,14-15H2. The molecule has 1 amide bonds. The van der Waals surface area contributed by atoms with Crippen LogP contribution < -0.4 is 10.2 Å². The molecule has 0 unspecified atom stereocenters. The summed E-state index contributed by atoms with van der Waals surface area (Å²) in [4.78, 5) is 14.3. The van der Waals surface area contributed by atoms with Gasteiger partial charge in [-0.2, -0.15) is 0 Å². The van der Waals surface area contributed by atoms with Crippen molar-refractivity contribution in [2.45, 2.75) is 6.54 Å². The van der Waals surface area contributed by atoms with Crippen molar-refractivity contribution in [2.24, 2.45) is 0 Å². The molecule has 26 heavy (non-hydrogen) atoms. The summed E-state index contributed by atoms with van der Waals surface area (Å²) >= 11 is 0. The van der Waals surface area contributed by atoms with Gasteiger partial charge in [0.15, 0.2) is 0 Å². The molecule has 0 radical (unpaired) electrons. The first-order valence-electron chi connectivity index (χ1n) is 8.22. The molecule has 0 heterocycles. The average molecular weight is 352 g/mol. The van der Waals surface area contributed by atoms with Gasteiger partial charge in [0.2, 0.25) is 5.91 Å². The Morgan fingerprint density at radius 3 is 2.00 bits per heavy atom. The van der Waals surface area contributed by atoms with E-state index in [1.165, 1.54) is 6.07 Å². The lowest BCUT2D eigenvalue weighted by Gasteiger charge is -2.23. The third-order valence-electron chi connectivity index (χ3n) is 3.93. The third-order valence-corrected chi connectivity index (χ3v) is 3.93. The van der Waals surface area contributed by atoms with Gasteiger partial charge in [-0.1, -0.05) is 54.6 Å². The summed E-state index contributed by atoms with van der Waals surface area (Å²) in [7, 11) is 0. The van der Waals surface area contributed by atoms with Crippen molar-refractivity contribution in [3.05, 3.63) is 96.1 Å². The van der Waals surface area contributed by atoms with Crippen LogP contribution in [0.1, 0.15) is 5.56 Å². The van der Waals surface area contributed by atoms with Crippen LogP contribution in [-0.2, 0) is 11.3 Å². The van der Waals surface area contributed by atoms with Crippen molar-refractivity contribution in [3.63, 3.8) is 0 Å². The van der Waals surface area contributed by atoms with Crippen molar-refractivity contribution in [1.29, 1.82) is 0 Å². The van der Waals surface area contributed by atoms with Crippen LogP contribution >= 0.6 is 0 Å². The van der Waals surface area contributed by atoms with E-state index >= 15 is 0 Å². The Hall–Kier alpha value is -3.21. The Balaban J connectivity index is 1.79. The molecule has 3 aromatic rings. The zero-order valence-corrected chi connectivity index (χ0v) is 14.0. The summed E-state index contributed by atoms with van der Waals surface area (Å²) in [5.41, 5.74) is 1.38. The van der Waals surface area contributed by atoms with Crippen molar-refractivity contribution < 1.29 is 13.6 Å². The maximum absolute atomic E-state index is 13.7. The number of carbonyl (C=O) groups is 1. The lowest BCUT2D eigenvalue weighted by Crippen LogP contribution is -2.35. The molecule has 0 fully saturated rings. The van der Waals surface area contributed by atoms with E-state index in [4.69, 9.17) is 0 Å². The van der Waals surface area contributed by atoms with Crippen LogP contribution in [-0.4, -0.2) is 12.5 Å². The lowest BCUT2D eigenvalue weighted by atomic mass is 10.2. The predicted octanol–water partition coefficient (Wildman–Crippen LogP) is 4.61. The minimum absolute atomic E-state index is 0.223. The number of rotatable bonds is 6. The van der Waals surface area contributed by atoms with Crippen LogP contribution in [0.2, 0.25) is 0 Å². The smallest absolute Gasteiger partial charge is 0.246 e. The minimum atomic E-state index is -0.730. The highest BCUT2D eigenvalue weighted by Gasteiger charge is 2.17. The van der Waals surface area contributed by atoms with Gasteiger partial charge < -0.3 is 10.2 Å². The Labute approximate surface area is 150 Å². The summed E-state index contributed by atoms with van der Waals surface area (Å²) in [6.45, 7) is 0.144. The van der Waals surface area contributed by atoms with Crippen LogP contribution in [0.15, 0.2) is 78.9 Å². The fourth-order valence-electron chi connectivity index (χ4n) is 2.62. The molecule has 0 aliphatic rings. The van der Waals surface area contributed by atoms with E-state index in [0.717, 1.165) is 23.4 Å². The first-order chi connectivity index (χ1) is 12.6. The van der Waals surface area contributed by atoms with Gasteiger partial charge in [0.1, 0.15) is 17.3 Å². The van der Waals surface area contributed by atoms with Gasteiger partial charge in [-0.05, 0) is 29.8 Å². The number of carbonyl (C=O) groups excluding carboxylic acids is 1. The zero-order chi connectivity index (χ0) is 18.4. The summed E-state index contributed by atoms with van der Waals surface area (Å²) in [5, 5.41) is 2.58. The van der Waals surface area contributed by atoms with Gasteiger partial charge in [-0.15, -0.1) is 0 Å². The maximum atomic E-state index is 13.7. The Morgan fingerprint density at radius 2 is 1.38 bits per heavy atom. The molecule has 3 aromatic carbocycles. The second-order valence-electron chi connectivity index (χ2n) is 5.75. The highest BCUT2D eigenvalue weighted by Crippen LogP contribution is 2.20. The van der Waals surface area contributed by atoms with E-state index in [1.54, 1.807) is 4.90 Å². The Bertz CT molecular complexity index is 849. The second kappa shape index (κ2) is 8.25. The number of amides is 1. The molecule has 0 saturated heterocycles. The molecule has 0 aliphatic heterocycles. The first kappa shape index (κ1) is 17.6. The second-order valence-corrected chi connectivity index (χ2v) is 5.75. The summed E-state index contributed by atoms with van der Waals surface area (Å²) < 4.78 is 27.5. The number of nitrogens with zero attached hydrogens (tertiary/aromatic N) is 1. The zero-order valence-electron chi connectivity index (χ0n) is 14.0. The molecule has 5 heteroatoms. The molecule has 0 aromatic heterocycles. The molecule has 1 N–H and O–H groups in total. The SMILES string of the molecule is O=C(CNc1c(F)cccc1F)N(Cc1ccccc1)c1ccccc1. The van der Waals surface area contributed by atoms with Crippen molar-refractivity contribution in [3.8, 4) is 0 Å². The number of benzene rings is 3. The van der Waals surface area contributed by atoms with Crippen molar-refractivity contribution in [1.82, 2.24) is 0 Å². The van der Waals surface area contributed by atoms with Gasteiger partial charge in [0, 0.05) is 5.69 Å². The Kier molecular flexibility index (Phi) is 5.59. The number of hydrogen-bond donors (Lipinski definition) is 1. The number of halogens is 2. The molecule has 0 saturated carbocycles. The molecule has 0 spiro atoms. The van der Waals surface area contributed by atoms with Crippen molar-refractivity contribution >= 4 is 17.3 Å². The molecular formula is C21H18F2N2O. The van der Waals surface area contributed by atoms with Gasteiger partial charge in [0.05, 0.1) is 13.1 Å². The van der Waals surface area contributed by atoms with Crippen molar-refractivity contribution in [2.75, 3.05) is 16.8 Å². The normalized spacial score (nSPS) is 10.4. The molecule has 0 bridgehead atoms. The third kappa shape index (κ3) is 4.25. The number of nitrogens with one attached hydrogen (secondary N) is 1. The summed E-state index contributed by atoms with van der Waals surface area (Å²) in [6, 6.07) is 22.3. The van der Waals surface area contributed by atoms with Crippen LogP contribution in [0.3, 0.4) is 0 Å². The van der Waals surface area contributed by atoms with E-state index in [1.807, 2.05) is 60.7 Å². The van der Waals surface area contributed by atoms with E-state index in [0.29, 0.717) is 6.54 Å². The van der Waals surface area contributed by atoms with Crippen LogP contribution in [0.25, 0.3) is 0 Å². The van der Waals surface area contributed by atoms with Gasteiger partial charge >= 0.3 is 0 Å². The monoisotopic (exact) mass is 352 g/mol. The van der Waals surface area contributed by atoms with Gasteiger partial charge in [-0.3, -0.25) is 4.79 Å². The number of para-hydroxylation sites is 2. The summed E-state index contributed by atoms with van der Waals surface area (Å²) in [5.74, 6) is -1.75. The minimum Gasteiger partial charge on any atom is -0.371 e. The first-order valence-corrected chi connectivity index (χ1v) is 8.22. The number of hydrogen-bond acceptors (Lipinski definition) is 2. The largest absolute Gasteiger partial charge is 0.371 e. The lowest BCUT2D eigenvalue weighted by molar-refractivity contribution is -0.117. The quantitative estimate of drug-likeness (QED) is 0.703. The maximum Gasteiger partial charge on any atom is 0.246 e. The van der Waals surface area contributed by atoms with E-state index < -0.39 is 11.6 Å². The summed E-state index contributed by atoms with van der Waals surface area (Å²) in [6.07, 6.45) is 0. The Morgan fingerprint density at radius 1 is 0.808 bits per heavy atom. The molecule has 3 rings (SSSR count). The molecule has 3 nitrogen and oxygen atoms in total. The topological polar surface area (TPSA) is 32.3 Å². The molecule has 0 aliphatic carbocycles. The fraction of sp³-hybridized carbons (Fsp3) is 0.0952. The van der Waals surface area contributed by atoms with Crippen LogP contribution in [0, 0.1) is 11.6 Å². The highest BCUT2D eigenvalue weighted by molar-refractivity contribution is 5.96. The average Bonchev–Trinajstić information content (AvgIpc) is 2.67. The van der Waals surface area contributed by atoms with Gasteiger partial charge in [-0.25, -0.2) is 8.78 Å². The molecule has 132 valence electrons.